The summed E-state index contributed by atoms with van der Waals surface area (Å²) in [5.74, 6) is 1.86. The number of aryl methyl sites for hydroxylation is 2. The Labute approximate surface area is 115 Å². The van der Waals surface area contributed by atoms with Crippen molar-refractivity contribution in [1.29, 1.82) is 0 Å². The first-order chi connectivity index (χ1) is 8.13. The van der Waals surface area contributed by atoms with Gasteiger partial charge in [-0.3, -0.25) is 9.48 Å². The zero-order chi connectivity index (χ0) is 12.8. The van der Waals surface area contributed by atoms with Crippen molar-refractivity contribution in [2.24, 2.45) is 0 Å². The number of halogens is 1. The van der Waals surface area contributed by atoms with Gasteiger partial charge in [0, 0.05) is 6.54 Å². The van der Waals surface area contributed by atoms with Gasteiger partial charge in [0.15, 0.2) is 0 Å². The van der Waals surface area contributed by atoms with Crippen molar-refractivity contribution in [2.45, 2.75) is 40.2 Å². The van der Waals surface area contributed by atoms with Crippen LogP contribution in [0.5, 0.6) is 0 Å². The Bertz CT molecular complexity index is 390. The molecule has 1 aromatic rings. The lowest BCUT2D eigenvalue weighted by Crippen LogP contribution is -2.11. The minimum atomic E-state index is 0.273. The third kappa shape index (κ3) is 3.85. The highest BCUT2D eigenvalue weighted by atomic mass is 79.9. The summed E-state index contributed by atoms with van der Waals surface area (Å²) < 4.78 is 2.94. The Morgan fingerprint density at radius 2 is 2.12 bits per heavy atom. The minimum absolute atomic E-state index is 0.273. The number of thioether (sulfide) groups is 1. The molecule has 3 nitrogen and oxygen atoms in total. The second-order valence-electron chi connectivity index (χ2n) is 3.73. The van der Waals surface area contributed by atoms with E-state index in [9.17, 15) is 4.79 Å². The van der Waals surface area contributed by atoms with Crippen molar-refractivity contribution >= 4 is 33.5 Å². The van der Waals surface area contributed by atoms with Crippen molar-refractivity contribution in [3.63, 3.8) is 0 Å². The maximum absolute atomic E-state index is 11.8. The van der Waals surface area contributed by atoms with Gasteiger partial charge >= 0.3 is 0 Å². The average Bonchev–Trinajstić information content (AvgIpc) is 2.63. The highest BCUT2D eigenvalue weighted by molar-refractivity contribution is 9.10. The average molecular weight is 319 g/mol. The topological polar surface area (TPSA) is 34.9 Å². The number of aromatic nitrogens is 2. The predicted octanol–water partition coefficient (Wildman–Crippen LogP) is 3.09. The van der Waals surface area contributed by atoms with E-state index in [1.54, 1.807) is 11.8 Å². The molecule has 0 saturated heterocycles. The number of carbonyl (C=O) groups is 1. The molecule has 0 aliphatic heterocycles. The Morgan fingerprint density at radius 1 is 1.41 bits per heavy atom. The number of ketones is 1. The van der Waals surface area contributed by atoms with E-state index in [0.717, 1.165) is 34.6 Å². The summed E-state index contributed by atoms with van der Waals surface area (Å²) in [5, 5.41) is 4.49. The summed E-state index contributed by atoms with van der Waals surface area (Å²) in [6.45, 7) is 7.00. The van der Waals surface area contributed by atoms with Gasteiger partial charge in [0.25, 0.3) is 0 Å². The van der Waals surface area contributed by atoms with Gasteiger partial charge < -0.3 is 0 Å². The smallest absolute Gasteiger partial charge is 0.148 e. The van der Waals surface area contributed by atoms with Gasteiger partial charge in [-0.15, -0.1) is 0 Å². The van der Waals surface area contributed by atoms with Crippen molar-refractivity contribution in [3.8, 4) is 0 Å². The summed E-state index contributed by atoms with van der Waals surface area (Å²) >= 11 is 5.23. The third-order valence-electron chi connectivity index (χ3n) is 2.53. The van der Waals surface area contributed by atoms with E-state index in [4.69, 9.17) is 0 Å². The van der Waals surface area contributed by atoms with Crippen LogP contribution < -0.4 is 0 Å². The molecule has 0 bridgehead atoms. The SMILES string of the molecule is CCSCC(=O)Cc1c(Br)c(CC)nn1CC. The Balaban J connectivity index is 2.81. The van der Waals surface area contributed by atoms with E-state index < -0.39 is 0 Å². The second kappa shape index (κ2) is 7.21. The van der Waals surface area contributed by atoms with Crippen LogP contribution in [0, 0.1) is 0 Å². The van der Waals surface area contributed by atoms with Gasteiger partial charge in [-0.1, -0.05) is 13.8 Å². The van der Waals surface area contributed by atoms with Crippen molar-refractivity contribution < 1.29 is 4.79 Å². The lowest BCUT2D eigenvalue weighted by atomic mass is 10.2. The molecule has 0 saturated carbocycles. The molecule has 0 fully saturated rings. The molecule has 0 unspecified atom stereocenters. The molecule has 0 radical (unpaired) electrons. The molecule has 0 spiro atoms. The molecule has 0 N–H and O–H groups in total. The van der Waals surface area contributed by atoms with Crippen LogP contribution in [-0.2, 0) is 24.2 Å². The fourth-order valence-electron chi connectivity index (χ4n) is 1.64. The van der Waals surface area contributed by atoms with Gasteiger partial charge in [-0.05, 0) is 35.0 Å². The number of Topliss-reactive ketones (excluding diaryl/α,β-unsaturated/α-hetero) is 1. The summed E-state index contributed by atoms with van der Waals surface area (Å²) in [5.41, 5.74) is 2.06. The summed E-state index contributed by atoms with van der Waals surface area (Å²) in [6, 6.07) is 0. The van der Waals surface area contributed by atoms with Gasteiger partial charge in [0.05, 0.1) is 28.0 Å². The first-order valence-corrected chi connectivity index (χ1v) is 7.92. The van der Waals surface area contributed by atoms with E-state index in [2.05, 4.69) is 34.9 Å². The third-order valence-corrected chi connectivity index (χ3v) is 4.38. The largest absolute Gasteiger partial charge is 0.298 e. The summed E-state index contributed by atoms with van der Waals surface area (Å²) in [7, 11) is 0. The molecule has 0 atom stereocenters. The molecule has 96 valence electrons. The highest BCUT2D eigenvalue weighted by Gasteiger charge is 2.16. The van der Waals surface area contributed by atoms with Crippen LogP contribution in [0.2, 0.25) is 0 Å². The molecule has 5 heteroatoms. The minimum Gasteiger partial charge on any atom is -0.298 e. The van der Waals surface area contributed by atoms with Gasteiger partial charge in [0.2, 0.25) is 0 Å². The van der Waals surface area contributed by atoms with Crippen LogP contribution in [0.15, 0.2) is 4.47 Å². The second-order valence-corrected chi connectivity index (χ2v) is 5.80. The zero-order valence-corrected chi connectivity index (χ0v) is 13.0. The number of carbonyl (C=O) groups excluding carboxylic acids is 1. The first kappa shape index (κ1) is 14.8. The zero-order valence-electron chi connectivity index (χ0n) is 10.6. The number of hydrogen-bond donors (Lipinski definition) is 0. The van der Waals surface area contributed by atoms with E-state index in [1.165, 1.54) is 0 Å². The Hall–Kier alpha value is -0.290. The van der Waals surface area contributed by atoms with Crippen molar-refractivity contribution in [1.82, 2.24) is 9.78 Å². The standard InChI is InChI=1S/C12H19BrN2OS/c1-4-10-12(13)11(15(5-2)14-10)7-9(16)8-17-6-3/h4-8H2,1-3H3. The molecular weight excluding hydrogens is 300 g/mol. The number of nitrogens with zero attached hydrogens (tertiary/aromatic N) is 2. The van der Waals surface area contributed by atoms with Gasteiger partial charge in [-0.25, -0.2) is 0 Å². The van der Waals surface area contributed by atoms with Crippen LogP contribution in [0.3, 0.4) is 0 Å². The van der Waals surface area contributed by atoms with Crippen LogP contribution in [0.1, 0.15) is 32.2 Å². The van der Waals surface area contributed by atoms with Crippen molar-refractivity contribution in [3.05, 3.63) is 15.9 Å². The normalized spacial score (nSPS) is 10.8. The fourth-order valence-corrected chi connectivity index (χ4v) is 2.88. The molecule has 0 aliphatic carbocycles. The quantitative estimate of drug-likeness (QED) is 0.775. The van der Waals surface area contributed by atoms with Crippen LogP contribution in [0.4, 0.5) is 0 Å². The lowest BCUT2D eigenvalue weighted by molar-refractivity contribution is -0.116. The fraction of sp³-hybridized carbons (Fsp3) is 0.667. The molecule has 1 rings (SSSR count). The van der Waals surface area contributed by atoms with Crippen LogP contribution >= 0.6 is 27.7 Å². The van der Waals surface area contributed by atoms with Crippen molar-refractivity contribution in [2.75, 3.05) is 11.5 Å². The molecule has 17 heavy (non-hydrogen) atoms. The Morgan fingerprint density at radius 3 is 2.65 bits per heavy atom. The van der Waals surface area contributed by atoms with E-state index >= 15 is 0 Å². The maximum Gasteiger partial charge on any atom is 0.148 e. The predicted molar refractivity (Wildman–Crippen MR) is 76.7 cm³/mol. The van der Waals surface area contributed by atoms with Crippen LogP contribution in [0.25, 0.3) is 0 Å². The molecule has 0 aliphatic rings. The highest BCUT2D eigenvalue weighted by Crippen LogP contribution is 2.23. The summed E-state index contributed by atoms with van der Waals surface area (Å²) in [6.07, 6.45) is 1.37. The lowest BCUT2D eigenvalue weighted by Gasteiger charge is -2.04. The number of rotatable bonds is 7. The molecule has 1 aromatic heterocycles. The molecule has 0 aromatic carbocycles. The van der Waals surface area contributed by atoms with Gasteiger partial charge in [-0.2, -0.15) is 16.9 Å². The van der Waals surface area contributed by atoms with E-state index in [-0.39, 0.29) is 5.78 Å². The Kier molecular flexibility index (Phi) is 6.27. The monoisotopic (exact) mass is 318 g/mol. The maximum atomic E-state index is 11.8. The molecular formula is C12H19BrN2OS. The van der Waals surface area contributed by atoms with E-state index in [0.29, 0.717) is 12.2 Å². The van der Waals surface area contributed by atoms with Gasteiger partial charge in [0.1, 0.15) is 5.78 Å². The first-order valence-electron chi connectivity index (χ1n) is 5.97. The summed E-state index contributed by atoms with van der Waals surface area (Å²) in [4.78, 5) is 11.8. The molecule has 0 amide bonds. The van der Waals surface area contributed by atoms with Crippen LogP contribution in [-0.4, -0.2) is 27.1 Å². The van der Waals surface area contributed by atoms with E-state index in [1.807, 2.05) is 11.6 Å². The molecule has 1 heterocycles. The number of hydrogen-bond acceptors (Lipinski definition) is 3.